The van der Waals surface area contributed by atoms with Gasteiger partial charge in [-0.3, -0.25) is 0 Å². The summed E-state index contributed by atoms with van der Waals surface area (Å²) in [5, 5.41) is 3.50. The third kappa shape index (κ3) is 5.71. The summed E-state index contributed by atoms with van der Waals surface area (Å²) in [5.41, 5.74) is 2.67. The Balaban J connectivity index is 1.42. The van der Waals surface area contributed by atoms with Crippen LogP contribution in [0.25, 0.3) is 0 Å². The molecule has 0 saturated heterocycles. The van der Waals surface area contributed by atoms with E-state index in [1.807, 2.05) is 6.20 Å². The number of nitrogens with one attached hydrogen (secondary N) is 2. The summed E-state index contributed by atoms with van der Waals surface area (Å²) in [7, 11) is 0. The second-order valence-electron chi connectivity index (χ2n) is 4.87. The highest BCUT2D eigenvalue weighted by Crippen LogP contribution is 2.03. The zero-order valence-electron chi connectivity index (χ0n) is 11.4. The van der Waals surface area contributed by atoms with Crippen molar-refractivity contribution in [1.82, 2.24) is 15.3 Å². The Kier molecular flexibility index (Phi) is 6.17. The van der Waals surface area contributed by atoms with Gasteiger partial charge >= 0.3 is 0 Å². The van der Waals surface area contributed by atoms with E-state index in [9.17, 15) is 0 Å². The predicted octanol–water partition coefficient (Wildman–Crippen LogP) is 2.95. The van der Waals surface area contributed by atoms with Gasteiger partial charge in [0.15, 0.2) is 0 Å². The van der Waals surface area contributed by atoms with Gasteiger partial charge in [0, 0.05) is 11.9 Å². The molecular weight excluding hydrogens is 234 g/mol. The number of aryl methyl sites for hydroxylation is 2. The van der Waals surface area contributed by atoms with Gasteiger partial charge in [-0.1, -0.05) is 30.3 Å². The van der Waals surface area contributed by atoms with Gasteiger partial charge in [-0.25, -0.2) is 4.98 Å². The van der Waals surface area contributed by atoms with Gasteiger partial charge < -0.3 is 10.3 Å². The van der Waals surface area contributed by atoms with Gasteiger partial charge in [-0.15, -0.1) is 0 Å². The molecule has 0 aliphatic heterocycles. The molecule has 3 nitrogen and oxygen atoms in total. The summed E-state index contributed by atoms with van der Waals surface area (Å²) in [4.78, 5) is 7.14. The van der Waals surface area contributed by atoms with Gasteiger partial charge in [0.1, 0.15) is 0 Å². The first-order chi connectivity index (χ1) is 9.45. The molecule has 3 heteroatoms. The minimum Gasteiger partial charge on any atom is -0.348 e. The molecule has 0 aliphatic carbocycles. The van der Waals surface area contributed by atoms with E-state index >= 15 is 0 Å². The lowest BCUT2D eigenvalue weighted by molar-refractivity contribution is 0.602. The van der Waals surface area contributed by atoms with Crippen LogP contribution < -0.4 is 5.32 Å². The van der Waals surface area contributed by atoms with Crippen LogP contribution in [-0.4, -0.2) is 23.1 Å². The molecule has 102 valence electrons. The second-order valence-corrected chi connectivity index (χ2v) is 4.87. The summed E-state index contributed by atoms with van der Waals surface area (Å²) in [6.07, 6.45) is 9.59. The van der Waals surface area contributed by atoms with Crippen molar-refractivity contribution in [2.75, 3.05) is 13.1 Å². The smallest absolute Gasteiger partial charge is 0.0921 e. The fourth-order valence-corrected chi connectivity index (χ4v) is 2.17. The van der Waals surface area contributed by atoms with Crippen molar-refractivity contribution in [2.24, 2.45) is 0 Å². The normalized spacial score (nSPS) is 10.7. The molecular formula is C16H23N3. The van der Waals surface area contributed by atoms with Crippen molar-refractivity contribution in [1.29, 1.82) is 0 Å². The van der Waals surface area contributed by atoms with Crippen molar-refractivity contribution >= 4 is 0 Å². The molecule has 19 heavy (non-hydrogen) atoms. The Morgan fingerprint density at radius 2 is 1.79 bits per heavy atom. The van der Waals surface area contributed by atoms with E-state index in [1.54, 1.807) is 6.33 Å². The van der Waals surface area contributed by atoms with Crippen molar-refractivity contribution < 1.29 is 0 Å². The molecule has 0 radical (unpaired) electrons. The summed E-state index contributed by atoms with van der Waals surface area (Å²) in [6.45, 7) is 2.21. The van der Waals surface area contributed by atoms with E-state index in [1.165, 1.54) is 36.9 Å². The van der Waals surface area contributed by atoms with E-state index in [-0.39, 0.29) is 0 Å². The monoisotopic (exact) mass is 257 g/mol. The van der Waals surface area contributed by atoms with E-state index in [0.29, 0.717) is 0 Å². The lowest BCUT2D eigenvalue weighted by atomic mass is 10.1. The Hall–Kier alpha value is -1.61. The molecule has 0 spiro atoms. The highest BCUT2D eigenvalue weighted by atomic mass is 14.9. The molecule has 0 unspecified atom stereocenters. The highest BCUT2D eigenvalue weighted by Gasteiger charge is 1.95. The molecule has 1 aromatic carbocycles. The molecule has 0 saturated carbocycles. The highest BCUT2D eigenvalue weighted by molar-refractivity contribution is 5.14. The van der Waals surface area contributed by atoms with Crippen LogP contribution in [0.2, 0.25) is 0 Å². The molecule has 2 rings (SSSR count). The van der Waals surface area contributed by atoms with Crippen LogP contribution in [-0.2, 0) is 12.8 Å². The van der Waals surface area contributed by atoms with Gasteiger partial charge in [0.05, 0.1) is 6.33 Å². The van der Waals surface area contributed by atoms with Gasteiger partial charge in [0.25, 0.3) is 0 Å². The van der Waals surface area contributed by atoms with Crippen LogP contribution in [0.1, 0.15) is 30.5 Å². The minimum absolute atomic E-state index is 1.08. The Bertz CT molecular complexity index is 423. The van der Waals surface area contributed by atoms with Crippen LogP contribution in [0, 0.1) is 0 Å². The van der Waals surface area contributed by atoms with Gasteiger partial charge in [-0.2, -0.15) is 0 Å². The molecule has 0 bridgehead atoms. The van der Waals surface area contributed by atoms with Crippen LogP contribution in [0.5, 0.6) is 0 Å². The fourth-order valence-electron chi connectivity index (χ4n) is 2.17. The zero-order valence-corrected chi connectivity index (χ0v) is 11.4. The molecule has 0 atom stereocenters. The maximum atomic E-state index is 4.01. The lowest BCUT2D eigenvalue weighted by Gasteiger charge is -2.04. The van der Waals surface area contributed by atoms with Crippen molar-refractivity contribution in [3.8, 4) is 0 Å². The Morgan fingerprint density at radius 3 is 2.58 bits per heavy atom. The topological polar surface area (TPSA) is 40.7 Å². The van der Waals surface area contributed by atoms with Gasteiger partial charge in [-0.05, 0) is 50.8 Å². The maximum Gasteiger partial charge on any atom is 0.0921 e. The molecule has 2 aromatic rings. The quantitative estimate of drug-likeness (QED) is 0.678. The Labute approximate surface area is 115 Å². The first-order valence-corrected chi connectivity index (χ1v) is 7.17. The lowest BCUT2D eigenvalue weighted by Crippen LogP contribution is -2.17. The number of rotatable bonds is 9. The molecule has 0 fully saturated rings. The number of aromatic amines is 1. The Morgan fingerprint density at radius 1 is 0.947 bits per heavy atom. The molecule has 1 heterocycles. The van der Waals surface area contributed by atoms with Crippen LogP contribution in [0.3, 0.4) is 0 Å². The van der Waals surface area contributed by atoms with Gasteiger partial charge in [0.2, 0.25) is 0 Å². The number of nitrogens with zero attached hydrogens (tertiary/aromatic N) is 1. The van der Waals surface area contributed by atoms with E-state index in [2.05, 4.69) is 45.6 Å². The van der Waals surface area contributed by atoms with E-state index < -0.39 is 0 Å². The SMILES string of the molecule is c1ccc(CCCCNCCCc2cnc[nH]2)cc1. The average molecular weight is 257 g/mol. The van der Waals surface area contributed by atoms with Crippen LogP contribution >= 0.6 is 0 Å². The first-order valence-electron chi connectivity index (χ1n) is 7.17. The number of aromatic nitrogens is 2. The van der Waals surface area contributed by atoms with E-state index in [0.717, 1.165) is 19.5 Å². The van der Waals surface area contributed by atoms with Crippen molar-refractivity contribution in [3.63, 3.8) is 0 Å². The third-order valence-electron chi connectivity index (χ3n) is 3.27. The summed E-state index contributed by atoms with van der Waals surface area (Å²) in [6, 6.07) is 10.7. The van der Waals surface area contributed by atoms with E-state index in [4.69, 9.17) is 0 Å². The average Bonchev–Trinajstić information content (AvgIpc) is 2.96. The first kappa shape index (κ1) is 13.8. The summed E-state index contributed by atoms with van der Waals surface area (Å²) >= 11 is 0. The molecule has 0 amide bonds. The molecule has 1 aromatic heterocycles. The summed E-state index contributed by atoms with van der Waals surface area (Å²) < 4.78 is 0. The number of unbranched alkanes of at least 4 members (excludes halogenated alkanes) is 1. The maximum absolute atomic E-state index is 4.01. The van der Waals surface area contributed by atoms with Crippen molar-refractivity contribution in [2.45, 2.75) is 32.1 Å². The van der Waals surface area contributed by atoms with Crippen LogP contribution in [0.4, 0.5) is 0 Å². The van der Waals surface area contributed by atoms with Crippen LogP contribution in [0.15, 0.2) is 42.9 Å². The fraction of sp³-hybridized carbons (Fsp3) is 0.438. The number of imidazole rings is 1. The number of benzene rings is 1. The largest absolute Gasteiger partial charge is 0.348 e. The summed E-state index contributed by atoms with van der Waals surface area (Å²) in [5.74, 6) is 0. The number of hydrogen-bond acceptors (Lipinski definition) is 2. The number of H-pyrrole nitrogens is 1. The van der Waals surface area contributed by atoms with Crippen molar-refractivity contribution in [3.05, 3.63) is 54.1 Å². The second kappa shape index (κ2) is 8.48. The molecule has 0 aliphatic rings. The third-order valence-corrected chi connectivity index (χ3v) is 3.27. The standard InChI is InChI=1S/C16H23N3/c1-2-7-15(8-3-1)9-4-5-11-17-12-6-10-16-13-18-14-19-16/h1-3,7-8,13-14,17H,4-6,9-12H2,(H,18,19). The zero-order chi connectivity index (χ0) is 13.2. The molecule has 2 N–H and O–H groups in total. The number of hydrogen-bond donors (Lipinski definition) is 2. The predicted molar refractivity (Wildman–Crippen MR) is 79.2 cm³/mol. The minimum atomic E-state index is 1.08.